The van der Waals surface area contributed by atoms with Crippen LogP contribution in [-0.2, 0) is 13.0 Å². The summed E-state index contributed by atoms with van der Waals surface area (Å²) in [6.07, 6.45) is 3.67. The molecule has 94 valence electrons. The largest absolute Gasteiger partial charge is 0.322 e. The fourth-order valence-electron chi connectivity index (χ4n) is 2.62. The van der Waals surface area contributed by atoms with E-state index in [-0.39, 0.29) is 0 Å². The van der Waals surface area contributed by atoms with Crippen molar-refractivity contribution in [2.45, 2.75) is 39.7 Å². The second kappa shape index (κ2) is 4.54. The molecule has 0 radical (unpaired) electrons. The van der Waals surface area contributed by atoms with Gasteiger partial charge in [0.2, 0.25) is 0 Å². The number of fused-ring (bicyclic) bond motifs is 1. The molecule has 18 heavy (non-hydrogen) atoms. The molecule has 1 aromatic heterocycles. The third-order valence-electron chi connectivity index (χ3n) is 3.85. The lowest BCUT2D eigenvalue weighted by molar-refractivity contribution is 0.525. The highest BCUT2D eigenvalue weighted by atomic mass is 79.9. The quantitative estimate of drug-likeness (QED) is 0.769. The Kier molecular flexibility index (Phi) is 3.02. The van der Waals surface area contributed by atoms with Crippen molar-refractivity contribution in [3.05, 3.63) is 39.8 Å². The van der Waals surface area contributed by atoms with Gasteiger partial charge in [-0.1, -0.05) is 12.1 Å². The van der Waals surface area contributed by atoms with Crippen LogP contribution in [0.25, 0.3) is 11.3 Å². The monoisotopic (exact) mass is 304 g/mol. The van der Waals surface area contributed by atoms with Crippen LogP contribution in [-0.4, -0.2) is 9.55 Å². The summed E-state index contributed by atoms with van der Waals surface area (Å²) in [4.78, 5) is 4.71. The SMILES string of the molecule is Cc1ccc(-c2nc(Br)n3c2CCCC3)cc1C. The maximum absolute atomic E-state index is 4.71. The van der Waals surface area contributed by atoms with Crippen LogP contribution in [0.2, 0.25) is 0 Å². The molecule has 2 nitrogen and oxygen atoms in total. The van der Waals surface area contributed by atoms with Crippen molar-refractivity contribution >= 4 is 15.9 Å². The van der Waals surface area contributed by atoms with Gasteiger partial charge in [-0.2, -0.15) is 0 Å². The highest BCUT2D eigenvalue weighted by Crippen LogP contribution is 2.31. The number of rotatable bonds is 1. The Hall–Kier alpha value is -1.09. The van der Waals surface area contributed by atoms with Crippen molar-refractivity contribution in [1.82, 2.24) is 9.55 Å². The van der Waals surface area contributed by atoms with E-state index in [1.54, 1.807) is 0 Å². The lowest BCUT2D eigenvalue weighted by atomic mass is 10.0. The van der Waals surface area contributed by atoms with Crippen molar-refractivity contribution in [2.24, 2.45) is 0 Å². The Morgan fingerprint density at radius 3 is 2.78 bits per heavy atom. The predicted octanol–water partition coefficient (Wildman–Crippen LogP) is 4.27. The standard InChI is InChI=1S/C15H17BrN2/c1-10-6-7-12(9-11(10)2)14-13-5-3-4-8-18(13)15(16)17-14/h6-7,9H,3-5,8H2,1-2H3. The number of aryl methyl sites for hydroxylation is 2. The van der Waals surface area contributed by atoms with E-state index in [1.165, 1.54) is 35.2 Å². The molecule has 0 atom stereocenters. The molecule has 2 heterocycles. The van der Waals surface area contributed by atoms with Crippen LogP contribution in [0, 0.1) is 13.8 Å². The van der Waals surface area contributed by atoms with Gasteiger partial charge in [0.15, 0.2) is 4.73 Å². The summed E-state index contributed by atoms with van der Waals surface area (Å²) in [5.41, 5.74) is 6.46. The number of aromatic nitrogens is 2. The molecule has 3 heteroatoms. The van der Waals surface area contributed by atoms with Gasteiger partial charge < -0.3 is 4.57 Å². The summed E-state index contributed by atoms with van der Waals surface area (Å²) in [5.74, 6) is 0. The summed E-state index contributed by atoms with van der Waals surface area (Å²) in [5, 5.41) is 0. The Labute approximate surface area is 116 Å². The van der Waals surface area contributed by atoms with Gasteiger partial charge in [0.05, 0.1) is 5.69 Å². The minimum atomic E-state index is 0.977. The topological polar surface area (TPSA) is 17.8 Å². The van der Waals surface area contributed by atoms with E-state index in [0.29, 0.717) is 0 Å². The molecule has 0 spiro atoms. The van der Waals surface area contributed by atoms with Gasteiger partial charge in [-0.25, -0.2) is 4.98 Å². The van der Waals surface area contributed by atoms with Crippen LogP contribution in [0.4, 0.5) is 0 Å². The number of hydrogen-bond donors (Lipinski definition) is 0. The molecule has 0 saturated carbocycles. The number of hydrogen-bond acceptors (Lipinski definition) is 1. The number of halogens is 1. The molecule has 0 amide bonds. The summed E-state index contributed by atoms with van der Waals surface area (Å²) in [6, 6.07) is 6.62. The van der Waals surface area contributed by atoms with Crippen LogP contribution in [0.5, 0.6) is 0 Å². The Bertz CT molecular complexity index is 599. The van der Waals surface area contributed by atoms with Crippen LogP contribution in [0.15, 0.2) is 22.9 Å². The minimum absolute atomic E-state index is 0.977. The lowest BCUT2D eigenvalue weighted by Crippen LogP contribution is -2.10. The molecule has 0 unspecified atom stereocenters. The lowest BCUT2D eigenvalue weighted by Gasteiger charge is -2.16. The van der Waals surface area contributed by atoms with Gasteiger partial charge in [-0.05, 0) is 66.2 Å². The molecule has 0 saturated heterocycles. The highest BCUT2D eigenvalue weighted by Gasteiger charge is 2.19. The molecule has 0 aliphatic carbocycles. The van der Waals surface area contributed by atoms with Gasteiger partial charge in [-0.15, -0.1) is 0 Å². The highest BCUT2D eigenvalue weighted by molar-refractivity contribution is 9.10. The van der Waals surface area contributed by atoms with E-state index in [2.05, 4.69) is 52.5 Å². The summed E-state index contributed by atoms with van der Waals surface area (Å²) in [6.45, 7) is 5.40. The molecule has 0 bridgehead atoms. The predicted molar refractivity (Wildman–Crippen MR) is 77.8 cm³/mol. The molecule has 3 rings (SSSR count). The molecule has 0 N–H and O–H groups in total. The molecule has 1 aromatic carbocycles. The van der Waals surface area contributed by atoms with Crippen LogP contribution < -0.4 is 0 Å². The smallest absolute Gasteiger partial charge is 0.177 e. The van der Waals surface area contributed by atoms with E-state index < -0.39 is 0 Å². The third kappa shape index (κ3) is 1.91. The van der Waals surface area contributed by atoms with Crippen LogP contribution >= 0.6 is 15.9 Å². The Morgan fingerprint density at radius 2 is 2.00 bits per heavy atom. The summed E-state index contributed by atoms with van der Waals surface area (Å²) in [7, 11) is 0. The van der Waals surface area contributed by atoms with Crippen molar-refractivity contribution in [1.29, 1.82) is 0 Å². The average Bonchev–Trinajstić information content (AvgIpc) is 2.71. The summed E-state index contributed by atoms with van der Waals surface area (Å²) >= 11 is 3.58. The zero-order chi connectivity index (χ0) is 12.7. The molecule has 1 aliphatic rings. The number of nitrogens with zero attached hydrogens (tertiary/aromatic N) is 2. The second-order valence-corrected chi connectivity index (χ2v) is 5.79. The van der Waals surface area contributed by atoms with Crippen molar-refractivity contribution in [3.63, 3.8) is 0 Å². The number of benzene rings is 1. The average molecular weight is 305 g/mol. The summed E-state index contributed by atoms with van der Waals surface area (Å²) < 4.78 is 3.29. The van der Waals surface area contributed by atoms with Crippen LogP contribution in [0.1, 0.15) is 29.7 Å². The maximum atomic E-state index is 4.71. The minimum Gasteiger partial charge on any atom is -0.322 e. The van der Waals surface area contributed by atoms with Gasteiger partial charge in [0.1, 0.15) is 0 Å². The van der Waals surface area contributed by atoms with E-state index >= 15 is 0 Å². The van der Waals surface area contributed by atoms with Crippen molar-refractivity contribution in [3.8, 4) is 11.3 Å². The van der Waals surface area contributed by atoms with Gasteiger partial charge in [0, 0.05) is 17.8 Å². The van der Waals surface area contributed by atoms with E-state index in [9.17, 15) is 0 Å². The maximum Gasteiger partial charge on any atom is 0.177 e. The first-order valence-electron chi connectivity index (χ1n) is 6.49. The van der Waals surface area contributed by atoms with Gasteiger partial charge in [-0.3, -0.25) is 0 Å². The first kappa shape index (κ1) is 12.0. The van der Waals surface area contributed by atoms with Gasteiger partial charge >= 0.3 is 0 Å². The van der Waals surface area contributed by atoms with E-state index in [1.807, 2.05) is 0 Å². The first-order chi connectivity index (χ1) is 8.66. The fourth-order valence-corrected chi connectivity index (χ4v) is 3.19. The molecule has 2 aromatic rings. The number of imidazole rings is 1. The molecular formula is C15H17BrN2. The van der Waals surface area contributed by atoms with Crippen molar-refractivity contribution < 1.29 is 0 Å². The van der Waals surface area contributed by atoms with Gasteiger partial charge in [0.25, 0.3) is 0 Å². The Morgan fingerprint density at radius 1 is 1.17 bits per heavy atom. The molecule has 1 aliphatic heterocycles. The van der Waals surface area contributed by atoms with E-state index in [0.717, 1.165) is 23.4 Å². The zero-order valence-corrected chi connectivity index (χ0v) is 12.4. The van der Waals surface area contributed by atoms with Crippen molar-refractivity contribution in [2.75, 3.05) is 0 Å². The van der Waals surface area contributed by atoms with E-state index in [4.69, 9.17) is 4.98 Å². The van der Waals surface area contributed by atoms with Crippen LogP contribution in [0.3, 0.4) is 0 Å². The zero-order valence-electron chi connectivity index (χ0n) is 10.8. The molecular weight excluding hydrogens is 288 g/mol. The second-order valence-electron chi connectivity index (χ2n) is 5.08. The first-order valence-corrected chi connectivity index (χ1v) is 7.28. The fraction of sp³-hybridized carbons (Fsp3) is 0.400. The normalized spacial score (nSPS) is 14.6. The molecule has 0 fully saturated rings. The Balaban J connectivity index is 2.14. The third-order valence-corrected chi connectivity index (χ3v) is 4.46.